The maximum Gasteiger partial charge on any atom is 0.285 e. The highest BCUT2D eigenvalue weighted by atomic mass is 32.2. The highest BCUT2D eigenvalue weighted by molar-refractivity contribution is 7.90. The van der Waals surface area contributed by atoms with Crippen LogP contribution in [-0.2, 0) is 21.3 Å². The van der Waals surface area contributed by atoms with Crippen LogP contribution >= 0.6 is 11.3 Å². The summed E-state index contributed by atoms with van der Waals surface area (Å²) in [5.41, 5.74) is 0.713. The van der Waals surface area contributed by atoms with Crippen LogP contribution in [0.25, 0.3) is 10.2 Å². The van der Waals surface area contributed by atoms with Gasteiger partial charge in [0.2, 0.25) is 4.80 Å². The first-order valence-electron chi connectivity index (χ1n) is 9.22. The second kappa shape index (κ2) is 9.50. The van der Waals surface area contributed by atoms with Gasteiger partial charge in [-0.1, -0.05) is 11.3 Å². The van der Waals surface area contributed by atoms with Gasteiger partial charge in [0.15, 0.2) is 0 Å². The van der Waals surface area contributed by atoms with Gasteiger partial charge in [-0.2, -0.15) is 8.42 Å². The van der Waals surface area contributed by atoms with Gasteiger partial charge >= 0.3 is 0 Å². The Morgan fingerprint density at radius 1 is 0.967 bits per heavy atom. The maximum absolute atomic E-state index is 13.0. The maximum atomic E-state index is 13.0. The summed E-state index contributed by atoms with van der Waals surface area (Å²) in [5, 5.41) is 0. The summed E-state index contributed by atoms with van der Waals surface area (Å²) in [5.74, 6) is 1.78. The summed E-state index contributed by atoms with van der Waals surface area (Å²) in [7, 11) is 0.711. The predicted molar refractivity (Wildman–Crippen MR) is 115 cm³/mol. The Morgan fingerprint density at radius 2 is 1.63 bits per heavy atom. The molecule has 0 bridgehead atoms. The molecule has 0 radical (unpaired) electrons. The van der Waals surface area contributed by atoms with Crippen molar-refractivity contribution < 1.29 is 27.4 Å². The van der Waals surface area contributed by atoms with Gasteiger partial charge in [0.25, 0.3) is 10.0 Å². The van der Waals surface area contributed by atoms with Crippen molar-refractivity contribution in [1.82, 2.24) is 4.57 Å². The summed E-state index contributed by atoms with van der Waals surface area (Å²) in [6, 6.07) is 9.68. The standard InChI is InChI=1S/C20H24N2O6S2/c1-5-28-13-12-22-18-16(26-3)10-11-17(27-4)19(18)29-20(22)21-30(23,24)15-8-6-14(25-2)7-9-15/h6-11H,5,12-13H2,1-4H3/b21-20-. The quantitative estimate of drug-likeness (QED) is 0.464. The lowest BCUT2D eigenvalue weighted by molar-refractivity contribution is 0.139. The molecule has 0 unspecified atom stereocenters. The van der Waals surface area contributed by atoms with Crippen molar-refractivity contribution in [2.75, 3.05) is 34.5 Å². The average Bonchev–Trinajstić information content (AvgIpc) is 3.10. The first-order valence-corrected chi connectivity index (χ1v) is 11.5. The molecule has 2 aromatic carbocycles. The lowest BCUT2D eigenvalue weighted by atomic mass is 10.3. The zero-order valence-electron chi connectivity index (χ0n) is 17.2. The fourth-order valence-corrected chi connectivity index (χ4v) is 5.30. The van der Waals surface area contributed by atoms with E-state index in [-0.39, 0.29) is 4.90 Å². The minimum atomic E-state index is -3.94. The average molecular weight is 453 g/mol. The summed E-state index contributed by atoms with van der Waals surface area (Å²) >= 11 is 1.22. The fourth-order valence-electron chi connectivity index (χ4n) is 2.94. The van der Waals surface area contributed by atoms with Gasteiger partial charge in [0.05, 0.1) is 32.8 Å². The molecule has 0 saturated carbocycles. The molecule has 3 aromatic rings. The van der Waals surface area contributed by atoms with Gasteiger partial charge in [0.1, 0.15) is 27.5 Å². The third-order valence-electron chi connectivity index (χ3n) is 4.41. The van der Waals surface area contributed by atoms with Crippen LogP contribution in [0.4, 0.5) is 0 Å². The van der Waals surface area contributed by atoms with Crippen LogP contribution in [0.5, 0.6) is 17.2 Å². The minimum Gasteiger partial charge on any atom is -0.497 e. The van der Waals surface area contributed by atoms with E-state index in [1.807, 2.05) is 6.92 Å². The number of nitrogens with zero attached hydrogens (tertiary/aromatic N) is 2. The van der Waals surface area contributed by atoms with Gasteiger partial charge < -0.3 is 23.5 Å². The van der Waals surface area contributed by atoms with E-state index in [9.17, 15) is 8.42 Å². The first kappa shape index (κ1) is 22.1. The summed E-state index contributed by atoms with van der Waals surface area (Å²) in [4.78, 5) is 0.388. The van der Waals surface area contributed by atoms with Crippen molar-refractivity contribution in [1.29, 1.82) is 0 Å². The molecule has 0 fully saturated rings. The number of rotatable bonds is 9. The molecule has 1 aromatic heterocycles. The Bertz CT molecular complexity index is 1180. The van der Waals surface area contributed by atoms with E-state index in [1.54, 1.807) is 43.1 Å². The molecule has 0 N–H and O–H groups in total. The van der Waals surface area contributed by atoms with Crippen molar-refractivity contribution in [2.24, 2.45) is 4.40 Å². The number of aromatic nitrogens is 1. The van der Waals surface area contributed by atoms with E-state index in [0.29, 0.717) is 47.3 Å². The highest BCUT2D eigenvalue weighted by Gasteiger charge is 2.19. The second-order valence-corrected chi connectivity index (χ2v) is 8.70. The topological polar surface area (TPSA) is 88.4 Å². The Labute approximate surface area is 179 Å². The normalized spacial score (nSPS) is 12.3. The molecule has 0 aliphatic carbocycles. The smallest absolute Gasteiger partial charge is 0.285 e. The predicted octanol–water partition coefficient (Wildman–Crippen LogP) is 3.05. The number of sulfonamides is 1. The Hall–Kier alpha value is -2.56. The zero-order chi connectivity index (χ0) is 21.7. The van der Waals surface area contributed by atoms with Gasteiger partial charge in [0, 0.05) is 13.2 Å². The van der Waals surface area contributed by atoms with E-state index in [1.165, 1.54) is 30.6 Å². The fraction of sp³-hybridized carbons (Fsp3) is 0.350. The lowest BCUT2D eigenvalue weighted by Crippen LogP contribution is -2.20. The number of thiazole rings is 1. The Balaban J connectivity index is 2.23. The largest absolute Gasteiger partial charge is 0.497 e. The van der Waals surface area contributed by atoms with Crippen molar-refractivity contribution in [3.05, 3.63) is 41.2 Å². The van der Waals surface area contributed by atoms with E-state index in [4.69, 9.17) is 18.9 Å². The van der Waals surface area contributed by atoms with Crippen LogP contribution in [0.3, 0.4) is 0 Å². The lowest BCUT2D eigenvalue weighted by Gasteiger charge is -2.10. The molecule has 0 aliphatic heterocycles. The van der Waals surface area contributed by atoms with Crippen LogP contribution in [0, 0.1) is 0 Å². The third-order valence-corrected chi connectivity index (χ3v) is 6.90. The number of hydrogen-bond acceptors (Lipinski definition) is 7. The third kappa shape index (κ3) is 4.45. The molecule has 30 heavy (non-hydrogen) atoms. The highest BCUT2D eigenvalue weighted by Crippen LogP contribution is 2.35. The number of hydrogen-bond donors (Lipinski definition) is 0. The monoisotopic (exact) mass is 452 g/mol. The van der Waals surface area contributed by atoms with E-state index in [2.05, 4.69) is 4.40 Å². The van der Waals surface area contributed by atoms with Gasteiger partial charge in [-0.05, 0) is 43.3 Å². The molecule has 3 rings (SSSR count). The van der Waals surface area contributed by atoms with Crippen LogP contribution in [-0.4, -0.2) is 47.5 Å². The Morgan fingerprint density at radius 3 is 2.23 bits per heavy atom. The number of fused-ring (bicyclic) bond motifs is 1. The van der Waals surface area contributed by atoms with Crippen molar-refractivity contribution in [2.45, 2.75) is 18.4 Å². The second-order valence-electron chi connectivity index (χ2n) is 6.12. The summed E-state index contributed by atoms with van der Waals surface area (Å²) in [6.07, 6.45) is 0. The van der Waals surface area contributed by atoms with Crippen LogP contribution in [0.1, 0.15) is 6.92 Å². The van der Waals surface area contributed by atoms with Gasteiger partial charge in [-0.15, -0.1) is 4.40 Å². The molecular weight excluding hydrogens is 428 g/mol. The van der Waals surface area contributed by atoms with Gasteiger partial charge in [-0.25, -0.2) is 0 Å². The molecule has 0 aliphatic rings. The van der Waals surface area contributed by atoms with E-state index in [0.717, 1.165) is 4.70 Å². The van der Waals surface area contributed by atoms with Crippen molar-refractivity contribution in [3.63, 3.8) is 0 Å². The van der Waals surface area contributed by atoms with Crippen LogP contribution < -0.4 is 19.0 Å². The summed E-state index contributed by atoms with van der Waals surface area (Å²) < 4.78 is 54.2. The molecule has 0 amide bonds. The minimum absolute atomic E-state index is 0.0797. The van der Waals surface area contributed by atoms with Crippen molar-refractivity contribution >= 4 is 31.6 Å². The van der Waals surface area contributed by atoms with Crippen molar-refractivity contribution in [3.8, 4) is 17.2 Å². The number of ether oxygens (including phenoxy) is 4. The van der Waals surface area contributed by atoms with E-state index >= 15 is 0 Å². The summed E-state index contributed by atoms with van der Waals surface area (Å²) in [6.45, 7) is 3.27. The van der Waals surface area contributed by atoms with Gasteiger partial charge in [-0.3, -0.25) is 0 Å². The molecule has 1 heterocycles. The number of benzene rings is 2. The zero-order valence-corrected chi connectivity index (χ0v) is 18.9. The molecule has 10 heteroatoms. The first-order chi connectivity index (χ1) is 14.4. The number of methoxy groups -OCH3 is 3. The molecule has 0 spiro atoms. The molecule has 162 valence electrons. The van der Waals surface area contributed by atoms with E-state index < -0.39 is 10.0 Å². The van der Waals surface area contributed by atoms with Crippen LogP contribution in [0.2, 0.25) is 0 Å². The molecule has 0 saturated heterocycles. The molecular formula is C20H24N2O6S2. The molecule has 0 atom stereocenters. The molecule has 8 nitrogen and oxygen atoms in total. The van der Waals surface area contributed by atoms with Crippen LogP contribution in [0.15, 0.2) is 45.7 Å². The SMILES string of the molecule is CCOCCn1/c(=N/S(=O)(=O)c2ccc(OC)cc2)sc2c(OC)ccc(OC)c21. The Kier molecular flexibility index (Phi) is 7.01.